The highest BCUT2D eigenvalue weighted by molar-refractivity contribution is 7.92. The van der Waals surface area contributed by atoms with E-state index in [2.05, 4.69) is 15.3 Å². The number of ether oxygens (including phenoxy) is 1. The van der Waals surface area contributed by atoms with Crippen LogP contribution in [0.25, 0.3) is 0 Å². The van der Waals surface area contributed by atoms with Gasteiger partial charge in [-0.05, 0) is 55.8 Å². The van der Waals surface area contributed by atoms with Crippen LogP contribution in [0.3, 0.4) is 0 Å². The number of hydrogen-bond acceptors (Lipinski definition) is 9. The fourth-order valence-corrected chi connectivity index (χ4v) is 5.45. The van der Waals surface area contributed by atoms with Gasteiger partial charge >= 0.3 is 12.1 Å². The summed E-state index contributed by atoms with van der Waals surface area (Å²) in [4.78, 5) is 34.5. The molecule has 0 bridgehead atoms. The van der Waals surface area contributed by atoms with Gasteiger partial charge in [0.1, 0.15) is 23.3 Å². The van der Waals surface area contributed by atoms with E-state index in [0.29, 0.717) is 18.7 Å². The zero-order chi connectivity index (χ0) is 33.5. The Hall–Kier alpha value is -4.67. The van der Waals surface area contributed by atoms with Crippen molar-refractivity contribution >= 4 is 39.5 Å². The van der Waals surface area contributed by atoms with Crippen LogP contribution in [0.5, 0.6) is 5.75 Å². The van der Waals surface area contributed by atoms with Gasteiger partial charge in [-0.1, -0.05) is 12.1 Å². The molecule has 1 aromatic heterocycles. The molecule has 1 heterocycles. The molecule has 0 spiro atoms. The lowest BCUT2D eigenvalue weighted by Crippen LogP contribution is -2.43. The number of aliphatic carboxylic acids is 1. The average Bonchev–Trinajstić information content (AvgIpc) is 2.99. The summed E-state index contributed by atoms with van der Waals surface area (Å²) in [7, 11) is -2.15. The molecule has 0 aliphatic rings. The summed E-state index contributed by atoms with van der Waals surface area (Å²) in [5.41, 5.74) is -0.383. The molecule has 0 saturated heterocycles. The lowest BCUT2D eigenvalue weighted by Gasteiger charge is -2.30. The molecule has 3 aromatic rings. The summed E-state index contributed by atoms with van der Waals surface area (Å²) in [5.74, 6) is -2.67. The SMILES string of the molecule is CCN(CC)c1ncc(N(C(F)C(F)F)S(=O)(=O)c2ccc(F)cc2)c(NC(Cc2ccc(OC(=O)N(C)C)cc2)C(=O)O)n1. The molecule has 0 aliphatic heterocycles. The maximum absolute atomic E-state index is 15.2. The van der Waals surface area contributed by atoms with Gasteiger partial charge in [0, 0.05) is 33.6 Å². The second kappa shape index (κ2) is 14.9. The number of nitrogens with one attached hydrogen (secondary N) is 1. The van der Waals surface area contributed by atoms with Crippen LogP contribution in [0.2, 0.25) is 0 Å². The molecule has 2 N–H and O–H groups in total. The van der Waals surface area contributed by atoms with Crippen molar-refractivity contribution in [2.45, 2.75) is 43.9 Å². The Labute approximate surface area is 257 Å². The third-order valence-corrected chi connectivity index (χ3v) is 8.17. The van der Waals surface area contributed by atoms with Gasteiger partial charge in [0.2, 0.25) is 12.2 Å². The van der Waals surface area contributed by atoms with Crippen molar-refractivity contribution in [2.75, 3.05) is 41.7 Å². The van der Waals surface area contributed by atoms with Gasteiger partial charge in [0.05, 0.1) is 11.1 Å². The highest BCUT2D eigenvalue weighted by Gasteiger charge is 2.40. The Morgan fingerprint density at radius 1 is 1.00 bits per heavy atom. The lowest BCUT2D eigenvalue weighted by molar-refractivity contribution is -0.137. The predicted octanol–water partition coefficient (Wildman–Crippen LogP) is 4.39. The van der Waals surface area contributed by atoms with Gasteiger partial charge in [-0.2, -0.15) is 4.98 Å². The van der Waals surface area contributed by atoms with Gasteiger partial charge in [-0.3, -0.25) is 0 Å². The minimum Gasteiger partial charge on any atom is -0.480 e. The van der Waals surface area contributed by atoms with E-state index in [4.69, 9.17) is 4.74 Å². The van der Waals surface area contributed by atoms with E-state index in [1.807, 2.05) is 0 Å². The quantitative estimate of drug-likeness (QED) is 0.189. The Bertz CT molecular complexity index is 1580. The Morgan fingerprint density at radius 2 is 1.60 bits per heavy atom. The largest absolute Gasteiger partial charge is 0.480 e. The summed E-state index contributed by atoms with van der Waals surface area (Å²) in [6.45, 7) is 4.24. The number of sulfonamides is 1. The van der Waals surface area contributed by atoms with E-state index in [-0.39, 0.29) is 22.4 Å². The van der Waals surface area contributed by atoms with Crippen LogP contribution >= 0.6 is 0 Å². The van der Waals surface area contributed by atoms with E-state index in [1.54, 1.807) is 18.7 Å². The van der Waals surface area contributed by atoms with Crippen molar-refractivity contribution < 1.29 is 45.4 Å². The normalized spacial score (nSPS) is 12.7. The first-order chi connectivity index (χ1) is 21.2. The topological polar surface area (TPSA) is 145 Å². The van der Waals surface area contributed by atoms with Crippen molar-refractivity contribution in [3.05, 3.63) is 66.1 Å². The molecule has 0 radical (unpaired) electrons. The number of aromatic nitrogens is 2. The van der Waals surface area contributed by atoms with Crippen LogP contribution in [-0.2, 0) is 21.2 Å². The molecule has 2 aromatic carbocycles. The first-order valence-electron chi connectivity index (χ1n) is 13.5. The van der Waals surface area contributed by atoms with E-state index < -0.39 is 63.1 Å². The molecule has 3 rings (SSSR count). The first kappa shape index (κ1) is 34.8. The van der Waals surface area contributed by atoms with Crippen LogP contribution < -0.4 is 19.3 Å². The van der Waals surface area contributed by atoms with Crippen molar-refractivity contribution in [1.82, 2.24) is 14.9 Å². The molecule has 1 amide bonds. The minimum absolute atomic E-state index is 0.0194. The maximum atomic E-state index is 15.2. The molecule has 0 fully saturated rings. The summed E-state index contributed by atoms with van der Waals surface area (Å²) in [6.07, 6.45) is -7.38. The van der Waals surface area contributed by atoms with E-state index in [0.717, 1.165) is 30.5 Å². The minimum atomic E-state index is -5.13. The molecular formula is C28H32F4N6O6S. The van der Waals surface area contributed by atoms with Crippen LogP contribution in [0.15, 0.2) is 59.6 Å². The number of halogens is 4. The van der Waals surface area contributed by atoms with Crippen molar-refractivity contribution in [3.63, 3.8) is 0 Å². The summed E-state index contributed by atoms with van der Waals surface area (Å²) >= 11 is 0. The molecule has 12 nitrogen and oxygen atoms in total. The number of carboxylic acids is 1. The number of carbonyl (C=O) groups excluding carboxylic acids is 1. The van der Waals surface area contributed by atoms with Crippen molar-refractivity contribution in [1.29, 1.82) is 0 Å². The number of benzene rings is 2. The van der Waals surface area contributed by atoms with Crippen molar-refractivity contribution in [2.24, 2.45) is 0 Å². The van der Waals surface area contributed by atoms with Gasteiger partial charge < -0.3 is 25.0 Å². The van der Waals surface area contributed by atoms with E-state index in [9.17, 15) is 36.3 Å². The van der Waals surface area contributed by atoms with Crippen LogP contribution in [-0.4, -0.2) is 86.4 Å². The smallest absolute Gasteiger partial charge is 0.414 e. The number of carboxylic acid groups (broad SMARTS) is 1. The third kappa shape index (κ3) is 8.49. The van der Waals surface area contributed by atoms with E-state index in [1.165, 1.54) is 43.3 Å². The molecule has 2 atom stereocenters. The molecule has 0 saturated carbocycles. The highest BCUT2D eigenvalue weighted by Crippen LogP contribution is 2.35. The average molecular weight is 657 g/mol. The van der Waals surface area contributed by atoms with Crippen LogP contribution in [0.1, 0.15) is 19.4 Å². The Morgan fingerprint density at radius 3 is 2.11 bits per heavy atom. The summed E-state index contributed by atoms with van der Waals surface area (Å²) < 4.78 is 88.3. The number of carbonyl (C=O) groups is 2. The number of hydrogen-bond donors (Lipinski definition) is 2. The number of rotatable bonds is 14. The molecule has 45 heavy (non-hydrogen) atoms. The first-order valence-corrected chi connectivity index (χ1v) is 14.9. The second-order valence-electron chi connectivity index (χ2n) is 9.68. The van der Waals surface area contributed by atoms with Crippen molar-refractivity contribution in [3.8, 4) is 5.75 Å². The maximum Gasteiger partial charge on any atom is 0.414 e. The summed E-state index contributed by atoms with van der Waals surface area (Å²) in [6, 6.07) is 7.34. The van der Waals surface area contributed by atoms with E-state index >= 15 is 4.39 Å². The molecule has 2 unspecified atom stereocenters. The lowest BCUT2D eigenvalue weighted by atomic mass is 10.1. The number of amides is 1. The molecule has 17 heteroatoms. The third-order valence-electron chi connectivity index (χ3n) is 6.39. The second-order valence-corrected chi connectivity index (χ2v) is 11.5. The van der Waals surface area contributed by atoms with Crippen LogP contribution in [0, 0.1) is 5.82 Å². The fraction of sp³-hybridized carbons (Fsp3) is 0.357. The van der Waals surface area contributed by atoms with Gasteiger partial charge in [-0.15, -0.1) is 0 Å². The summed E-state index contributed by atoms with van der Waals surface area (Å²) in [5, 5.41) is 12.6. The highest BCUT2D eigenvalue weighted by atomic mass is 32.2. The Balaban J connectivity index is 2.11. The molecular weight excluding hydrogens is 624 g/mol. The Kier molecular flexibility index (Phi) is 11.5. The zero-order valence-corrected chi connectivity index (χ0v) is 25.5. The zero-order valence-electron chi connectivity index (χ0n) is 24.7. The molecule has 244 valence electrons. The predicted molar refractivity (Wildman–Crippen MR) is 157 cm³/mol. The number of alkyl halides is 3. The molecule has 0 aliphatic carbocycles. The monoisotopic (exact) mass is 656 g/mol. The van der Waals surface area contributed by atoms with Gasteiger partial charge in [0.25, 0.3) is 16.4 Å². The number of anilines is 3. The number of nitrogens with zero attached hydrogens (tertiary/aromatic N) is 5. The fourth-order valence-electron chi connectivity index (χ4n) is 4.00. The standard InChI is InChI=1S/C28H32F4N6O6S/c1-5-37(6-2)27-33-16-22(38(24(32)23(30)31)45(42,43)20-13-9-18(29)10-14-20)25(35-27)34-21(26(39)40)15-17-7-11-19(12-8-17)44-28(41)36(3)4/h7-14,16,21,23-24H,5-6,15H2,1-4H3,(H,39,40)(H,33,34,35). The van der Waals surface area contributed by atoms with Gasteiger partial charge in [0.15, 0.2) is 5.82 Å². The van der Waals surface area contributed by atoms with Gasteiger partial charge in [-0.25, -0.2) is 44.9 Å². The van der Waals surface area contributed by atoms with Crippen LogP contribution in [0.4, 0.5) is 39.8 Å².